The molecule has 0 saturated heterocycles. The van der Waals surface area contributed by atoms with Crippen molar-refractivity contribution in [2.24, 2.45) is 5.92 Å². The molecule has 1 aromatic heterocycles. The van der Waals surface area contributed by atoms with E-state index in [0.717, 1.165) is 15.5 Å². The van der Waals surface area contributed by atoms with Crippen molar-refractivity contribution < 1.29 is 9.53 Å². The zero-order valence-electron chi connectivity index (χ0n) is 13.8. The van der Waals surface area contributed by atoms with E-state index in [0.29, 0.717) is 33.6 Å². The fraction of sp³-hybridized carbons (Fsp3) is 0.333. The van der Waals surface area contributed by atoms with Crippen LogP contribution in [0.4, 0.5) is 0 Å². The lowest BCUT2D eigenvalue weighted by Gasteiger charge is -2.05. The van der Waals surface area contributed by atoms with Crippen molar-refractivity contribution >= 4 is 40.7 Å². The molecular weight excluding hydrogens is 362 g/mol. The van der Waals surface area contributed by atoms with Gasteiger partial charge in [0.05, 0.1) is 16.4 Å². The molecule has 0 bridgehead atoms. The van der Waals surface area contributed by atoms with Crippen LogP contribution in [0.2, 0.25) is 5.02 Å². The number of thioether (sulfide) groups is 1. The number of carbonyl (C=O) groups is 1. The van der Waals surface area contributed by atoms with E-state index in [4.69, 9.17) is 16.3 Å². The van der Waals surface area contributed by atoms with E-state index in [-0.39, 0.29) is 5.97 Å². The van der Waals surface area contributed by atoms with Crippen molar-refractivity contribution in [3.05, 3.63) is 39.7 Å². The van der Waals surface area contributed by atoms with E-state index < -0.39 is 0 Å². The molecule has 0 saturated carbocycles. The van der Waals surface area contributed by atoms with Crippen LogP contribution in [0.1, 0.15) is 36.0 Å². The first kappa shape index (κ1) is 18.9. The van der Waals surface area contributed by atoms with Gasteiger partial charge in [-0.2, -0.15) is 5.26 Å². The zero-order chi connectivity index (χ0) is 17.7. The molecule has 0 amide bonds. The number of carbonyl (C=O) groups excluding carboxylic acids is 1. The van der Waals surface area contributed by atoms with Crippen LogP contribution < -0.4 is 0 Å². The van der Waals surface area contributed by atoms with E-state index in [2.05, 4.69) is 19.9 Å². The Hall–Kier alpha value is -1.48. The zero-order valence-corrected chi connectivity index (χ0v) is 16.1. The van der Waals surface area contributed by atoms with Gasteiger partial charge in [-0.3, -0.25) is 0 Å². The largest absolute Gasteiger partial charge is 0.462 e. The van der Waals surface area contributed by atoms with Crippen LogP contribution in [0.5, 0.6) is 0 Å². The predicted molar refractivity (Wildman–Crippen MR) is 101 cm³/mol. The summed E-state index contributed by atoms with van der Waals surface area (Å²) >= 11 is 8.90. The third-order valence-electron chi connectivity index (χ3n) is 3.13. The van der Waals surface area contributed by atoms with Gasteiger partial charge in [-0.15, -0.1) is 23.1 Å². The maximum atomic E-state index is 12.4. The minimum absolute atomic E-state index is 0.299. The van der Waals surface area contributed by atoms with E-state index >= 15 is 0 Å². The molecule has 2 aromatic rings. The highest BCUT2D eigenvalue weighted by Crippen LogP contribution is 2.42. The lowest BCUT2D eigenvalue weighted by molar-refractivity contribution is 0.0533. The fourth-order valence-corrected chi connectivity index (χ4v) is 4.58. The van der Waals surface area contributed by atoms with E-state index in [1.54, 1.807) is 30.8 Å². The summed E-state index contributed by atoms with van der Waals surface area (Å²) in [5.74, 6) is 0.992. The second-order valence-corrected chi connectivity index (χ2v) is 8.26. The molecule has 126 valence electrons. The molecule has 0 aliphatic rings. The van der Waals surface area contributed by atoms with Crippen molar-refractivity contribution in [3.63, 3.8) is 0 Å². The Morgan fingerprint density at radius 1 is 1.38 bits per heavy atom. The summed E-state index contributed by atoms with van der Waals surface area (Å²) in [5, 5.41) is 10.3. The summed E-state index contributed by atoms with van der Waals surface area (Å²) in [5.41, 5.74) is 1.98. The standard InChI is InChI=1S/C18H18ClNO2S2/c1-4-22-17(21)16-15(12-5-7-13(19)8-6-12)14(9-20)18(24-16)23-10-11(2)3/h5-8,11H,4,10H2,1-3H3. The van der Waals surface area contributed by atoms with Gasteiger partial charge in [-0.1, -0.05) is 37.6 Å². The summed E-state index contributed by atoms with van der Waals surface area (Å²) in [6.45, 7) is 6.32. The summed E-state index contributed by atoms with van der Waals surface area (Å²) in [4.78, 5) is 12.8. The molecular formula is C18H18ClNO2S2. The van der Waals surface area contributed by atoms with Gasteiger partial charge < -0.3 is 4.74 Å². The molecule has 6 heteroatoms. The second kappa shape index (κ2) is 8.57. The van der Waals surface area contributed by atoms with Gasteiger partial charge in [0.25, 0.3) is 0 Å². The Morgan fingerprint density at radius 3 is 2.58 bits per heavy atom. The molecule has 0 unspecified atom stereocenters. The molecule has 1 aromatic carbocycles. The van der Waals surface area contributed by atoms with Gasteiger partial charge in [0.2, 0.25) is 0 Å². The van der Waals surface area contributed by atoms with Crippen molar-refractivity contribution in [2.45, 2.75) is 25.0 Å². The highest BCUT2D eigenvalue weighted by atomic mass is 35.5. The maximum absolute atomic E-state index is 12.4. The molecule has 0 fully saturated rings. The Bertz CT molecular complexity index is 761. The third kappa shape index (κ3) is 4.32. The molecule has 0 spiro atoms. The summed E-state index contributed by atoms with van der Waals surface area (Å²) < 4.78 is 6.04. The molecule has 24 heavy (non-hydrogen) atoms. The lowest BCUT2D eigenvalue weighted by atomic mass is 10.0. The quantitative estimate of drug-likeness (QED) is 0.465. The van der Waals surface area contributed by atoms with Gasteiger partial charge in [-0.05, 0) is 30.5 Å². The Morgan fingerprint density at radius 2 is 2.04 bits per heavy atom. The first-order chi connectivity index (χ1) is 11.5. The monoisotopic (exact) mass is 379 g/mol. The van der Waals surface area contributed by atoms with Crippen LogP contribution in [0.3, 0.4) is 0 Å². The Balaban J connectivity index is 2.57. The highest BCUT2D eigenvalue weighted by molar-refractivity contribution is 8.01. The van der Waals surface area contributed by atoms with Gasteiger partial charge >= 0.3 is 5.97 Å². The van der Waals surface area contributed by atoms with E-state index in [9.17, 15) is 10.1 Å². The minimum atomic E-state index is -0.389. The smallest absolute Gasteiger partial charge is 0.349 e. The first-order valence-corrected chi connectivity index (χ1v) is 9.78. The van der Waals surface area contributed by atoms with Crippen LogP contribution >= 0.6 is 34.7 Å². The number of ether oxygens (including phenoxy) is 1. The first-order valence-electron chi connectivity index (χ1n) is 7.60. The molecule has 0 N–H and O–H groups in total. The van der Waals surface area contributed by atoms with Crippen LogP contribution in [0.15, 0.2) is 28.5 Å². The predicted octanol–water partition coefficient (Wildman–Crippen LogP) is 5.86. The summed E-state index contributed by atoms with van der Waals surface area (Å²) in [6, 6.07) is 9.43. The average molecular weight is 380 g/mol. The van der Waals surface area contributed by atoms with Gasteiger partial charge in [0, 0.05) is 16.3 Å². The van der Waals surface area contributed by atoms with Crippen molar-refractivity contribution in [1.82, 2.24) is 0 Å². The molecule has 3 nitrogen and oxygen atoms in total. The summed E-state index contributed by atoms with van der Waals surface area (Å²) in [6.07, 6.45) is 0. The lowest BCUT2D eigenvalue weighted by Crippen LogP contribution is -2.04. The number of rotatable bonds is 6. The number of halogens is 1. The van der Waals surface area contributed by atoms with Gasteiger partial charge in [0.1, 0.15) is 10.9 Å². The number of hydrogen-bond acceptors (Lipinski definition) is 5. The second-order valence-electron chi connectivity index (χ2n) is 5.51. The molecule has 0 atom stereocenters. The number of thiophene rings is 1. The van der Waals surface area contributed by atoms with Crippen LogP contribution in [0.25, 0.3) is 11.1 Å². The maximum Gasteiger partial charge on any atom is 0.349 e. The molecule has 0 aliphatic carbocycles. The number of esters is 1. The number of hydrogen-bond donors (Lipinski definition) is 0. The van der Waals surface area contributed by atoms with E-state index in [1.807, 2.05) is 12.1 Å². The summed E-state index contributed by atoms with van der Waals surface area (Å²) in [7, 11) is 0. The normalized spacial score (nSPS) is 10.7. The van der Waals surface area contributed by atoms with Crippen LogP contribution in [-0.4, -0.2) is 18.3 Å². The van der Waals surface area contributed by atoms with Crippen molar-refractivity contribution in [2.75, 3.05) is 12.4 Å². The van der Waals surface area contributed by atoms with E-state index in [1.165, 1.54) is 11.3 Å². The number of nitriles is 1. The molecule has 0 aliphatic heterocycles. The molecule has 2 rings (SSSR count). The Labute approximate surface area is 155 Å². The molecule has 1 heterocycles. The van der Waals surface area contributed by atoms with Crippen molar-refractivity contribution in [3.8, 4) is 17.2 Å². The SMILES string of the molecule is CCOC(=O)c1sc(SCC(C)C)c(C#N)c1-c1ccc(Cl)cc1. The van der Waals surface area contributed by atoms with Gasteiger partial charge in [0.15, 0.2) is 0 Å². The van der Waals surface area contributed by atoms with Crippen LogP contribution in [-0.2, 0) is 4.74 Å². The third-order valence-corrected chi connectivity index (χ3v) is 6.25. The minimum Gasteiger partial charge on any atom is -0.462 e. The van der Waals surface area contributed by atoms with Crippen molar-refractivity contribution in [1.29, 1.82) is 5.26 Å². The molecule has 0 radical (unpaired) electrons. The average Bonchev–Trinajstić information content (AvgIpc) is 2.92. The van der Waals surface area contributed by atoms with Gasteiger partial charge in [-0.25, -0.2) is 4.79 Å². The highest BCUT2D eigenvalue weighted by Gasteiger charge is 2.25. The topological polar surface area (TPSA) is 50.1 Å². The van der Waals surface area contributed by atoms with Crippen LogP contribution in [0, 0.1) is 17.2 Å². The fourth-order valence-electron chi connectivity index (χ4n) is 2.09. The number of nitrogens with zero attached hydrogens (tertiary/aromatic N) is 1. The number of benzene rings is 1. The Kier molecular flexibility index (Phi) is 6.73.